The Morgan fingerprint density at radius 1 is 1.12 bits per heavy atom. The number of nitrogens with one attached hydrogen (secondary N) is 1. The number of carbonyl (C=O) groups is 1. The number of anilines is 1. The lowest BCUT2D eigenvalue weighted by Gasteiger charge is -2.35. The van der Waals surface area contributed by atoms with E-state index in [1.54, 1.807) is 6.20 Å². The van der Waals surface area contributed by atoms with Crippen molar-refractivity contribution >= 4 is 45.4 Å². The summed E-state index contributed by atoms with van der Waals surface area (Å²) in [6, 6.07) is 13.4. The quantitative estimate of drug-likeness (QED) is 0.424. The Labute approximate surface area is 201 Å². The summed E-state index contributed by atoms with van der Waals surface area (Å²) in [5.41, 5.74) is 2.61. The molecule has 6 nitrogen and oxygen atoms in total. The molecule has 2 aromatic heterocycles. The zero-order valence-electron chi connectivity index (χ0n) is 18.5. The summed E-state index contributed by atoms with van der Waals surface area (Å²) in [4.78, 5) is 20.5. The number of amides is 1. The molecule has 0 unspecified atom stereocenters. The monoisotopic (exact) mass is 477 g/mol. The molecule has 1 saturated heterocycles. The first-order chi connectivity index (χ1) is 16.0. The van der Waals surface area contributed by atoms with Crippen LogP contribution in [-0.2, 0) is 0 Å². The lowest BCUT2D eigenvalue weighted by atomic mass is 10.0. The van der Waals surface area contributed by atoms with Crippen LogP contribution in [0.5, 0.6) is 0 Å². The second-order valence-corrected chi connectivity index (χ2v) is 9.89. The van der Waals surface area contributed by atoms with Crippen LogP contribution in [-0.4, -0.2) is 40.2 Å². The number of hydrogen-bond donors (Lipinski definition) is 1. The molecule has 0 saturated carbocycles. The van der Waals surface area contributed by atoms with Crippen molar-refractivity contribution in [3.63, 3.8) is 0 Å². The van der Waals surface area contributed by atoms with Gasteiger partial charge < -0.3 is 5.32 Å². The molecular weight excluding hydrogens is 454 g/mol. The van der Waals surface area contributed by atoms with Crippen molar-refractivity contribution in [2.45, 2.75) is 32.7 Å². The van der Waals surface area contributed by atoms with Gasteiger partial charge in [-0.15, -0.1) is 10.2 Å². The summed E-state index contributed by atoms with van der Waals surface area (Å²) in [6.45, 7) is 5.65. The van der Waals surface area contributed by atoms with Crippen molar-refractivity contribution in [1.29, 1.82) is 0 Å². The Balaban J connectivity index is 1.59. The number of carbonyl (C=O) groups excluding carboxylic acids is 1. The number of hydrogen-bond acceptors (Lipinski definition) is 6. The normalized spacial score (nSPS) is 16.2. The maximum absolute atomic E-state index is 13.9. The number of halogens is 1. The summed E-state index contributed by atoms with van der Waals surface area (Å²) < 4.78 is 0. The highest BCUT2D eigenvalue weighted by molar-refractivity contribution is 7.14. The first-order valence-electron chi connectivity index (χ1n) is 11.0. The molecule has 2 aromatic carbocycles. The first kappa shape index (κ1) is 21.9. The van der Waals surface area contributed by atoms with Crippen LogP contribution in [0.15, 0.2) is 48.7 Å². The van der Waals surface area contributed by atoms with Gasteiger partial charge in [-0.05, 0) is 63.1 Å². The SMILES string of the molecule is Cc1nnc(-c2ccc(C(=O)N(c3nccc4c(Cl)ccc(C)c34)[C@@H]3CCCNC3)cc2)s1. The average Bonchev–Trinajstić information content (AvgIpc) is 3.29. The predicted molar refractivity (Wildman–Crippen MR) is 134 cm³/mol. The second kappa shape index (κ2) is 9.17. The van der Waals surface area contributed by atoms with E-state index in [1.807, 2.05) is 61.2 Å². The molecule has 33 heavy (non-hydrogen) atoms. The third-order valence-corrected chi connectivity index (χ3v) is 7.27. The third-order valence-electron chi connectivity index (χ3n) is 6.05. The van der Waals surface area contributed by atoms with Crippen molar-refractivity contribution < 1.29 is 4.79 Å². The van der Waals surface area contributed by atoms with Gasteiger partial charge in [-0.25, -0.2) is 4.98 Å². The predicted octanol–water partition coefficient (Wildman–Crippen LogP) is 5.42. The molecule has 0 spiro atoms. The number of aromatic nitrogens is 3. The van der Waals surface area contributed by atoms with Crippen LogP contribution in [0.1, 0.15) is 33.8 Å². The van der Waals surface area contributed by atoms with Gasteiger partial charge in [-0.3, -0.25) is 9.69 Å². The molecule has 0 aliphatic carbocycles. The molecule has 1 N–H and O–H groups in total. The van der Waals surface area contributed by atoms with Gasteiger partial charge in [0, 0.05) is 39.7 Å². The minimum absolute atomic E-state index is 0.00761. The fourth-order valence-corrected chi connectivity index (χ4v) is 5.31. The summed E-state index contributed by atoms with van der Waals surface area (Å²) in [6.07, 6.45) is 3.66. The Morgan fingerprint density at radius 3 is 2.64 bits per heavy atom. The number of piperidine rings is 1. The van der Waals surface area contributed by atoms with Crippen LogP contribution in [0, 0.1) is 13.8 Å². The molecule has 1 amide bonds. The number of aryl methyl sites for hydroxylation is 2. The molecule has 1 fully saturated rings. The molecule has 0 bridgehead atoms. The third kappa shape index (κ3) is 4.24. The topological polar surface area (TPSA) is 71.0 Å². The summed E-state index contributed by atoms with van der Waals surface area (Å²) >= 11 is 8.05. The Morgan fingerprint density at radius 2 is 1.94 bits per heavy atom. The maximum Gasteiger partial charge on any atom is 0.259 e. The zero-order chi connectivity index (χ0) is 22.9. The first-order valence-corrected chi connectivity index (χ1v) is 12.2. The molecular formula is C25H24ClN5OS. The number of nitrogens with zero attached hydrogens (tertiary/aromatic N) is 4. The molecule has 1 aliphatic heterocycles. The highest BCUT2D eigenvalue weighted by Gasteiger charge is 2.30. The van der Waals surface area contributed by atoms with Crippen molar-refractivity contribution in [2.24, 2.45) is 0 Å². The lowest BCUT2D eigenvalue weighted by Crippen LogP contribution is -2.49. The maximum atomic E-state index is 13.9. The molecule has 0 radical (unpaired) electrons. The van der Waals surface area contributed by atoms with Gasteiger partial charge in [0.2, 0.25) is 0 Å². The molecule has 168 valence electrons. The zero-order valence-corrected chi connectivity index (χ0v) is 20.1. The molecule has 8 heteroatoms. The molecule has 1 atom stereocenters. The fourth-order valence-electron chi connectivity index (χ4n) is 4.39. The van der Waals surface area contributed by atoms with Gasteiger partial charge in [0.15, 0.2) is 0 Å². The second-order valence-electron chi connectivity index (χ2n) is 8.30. The van der Waals surface area contributed by atoms with Gasteiger partial charge in [0.1, 0.15) is 15.8 Å². The molecule has 5 rings (SSSR count). The molecule has 3 heterocycles. The smallest absolute Gasteiger partial charge is 0.259 e. The van der Waals surface area contributed by atoms with Crippen LogP contribution in [0.3, 0.4) is 0 Å². The van der Waals surface area contributed by atoms with E-state index in [2.05, 4.69) is 15.5 Å². The van der Waals surface area contributed by atoms with E-state index in [0.29, 0.717) is 16.4 Å². The largest absolute Gasteiger partial charge is 0.315 e. The van der Waals surface area contributed by atoms with Crippen LogP contribution in [0.25, 0.3) is 21.3 Å². The average molecular weight is 478 g/mol. The fraction of sp³-hybridized carbons (Fsp3) is 0.280. The number of rotatable bonds is 4. The number of fused-ring (bicyclic) bond motifs is 1. The van der Waals surface area contributed by atoms with Gasteiger partial charge in [-0.1, -0.05) is 41.1 Å². The van der Waals surface area contributed by atoms with E-state index in [9.17, 15) is 4.79 Å². The summed E-state index contributed by atoms with van der Waals surface area (Å²) in [5.74, 6) is 0.595. The molecule has 1 aliphatic rings. The highest BCUT2D eigenvalue weighted by Crippen LogP contribution is 2.35. The van der Waals surface area contributed by atoms with E-state index in [0.717, 1.165) is 57.8 Å². The van der Waals surface area contributed by atoms with Crippen molar-refractivity contribution in [2.75, 3.05) is 18.0 Å². The van der Waals surface area contributed by atoms with E-state index in [4.69, 9.17) is 16.6 Å². The van der Waals surface area contributed by atoms with E-state index in [1.165, 1.54) is 11.3 Å². The lowest BCUT2D eigenvalue weighted by molar-refractivity contribution is 0.0972. The standard InChI is InChI=1S/C25H24ClN5OS/c1-15-5-10-21(26)20-11-13-28-23(22(15)20)31(19-4-3-12-27-14-19)25(32)18-8-6-17(7-9-18)24-30-29-16(2)33-24/h5-11,13,19,27H,3-4,12,14H2,1-2H3/t19-/m1/s1. The van der Waals surface area contributed by atoms with Crippen LogP contribution in [0.4, 0.5) is 5.82 Å². The van der Waals surface area contributed by atoms with Crippen molar-refractivity contribution in [3.05, 3.63) is 69.8 Å². The van der Waals surface area contributed by atoms with E-state index >= 15 is 0 Å². The van der Waals surface area contributed by atoms with E-state index < -0.39 is 0 Å². The van der Waals surface area contributed by atoms with Crippen molar-refractivity contribution in [3.8, 4) is 10.6 Å². The minimum atomic E-state index is -0.0666. The summed E-state index contributed by atoms with van der Waals surface area (Å²) in [5, 5.41) is 16.0. The van der Waals surface area contributed by atoms with E-state index in [-0.39, 0.29) is 11.9 Å². The number of benzene rings is 2. The van der Waals surface area contributed by atoms with Crippen LogP contribution < -0.4 is 10.2 Å². The van der Waals surface area contributed by atoms with Crippen LogP contribution in [0.2, 0.25) is 5.02 Å². The van der Waals surface area contributed by atoms with Crippen LogP contribution >= 0.6 is 22.9 Å². The number of pyridine rings is 1. The van der Waals surface area contributed by atoms with Gasteiger partial charge >= 0.3 is 0 Å². The Bertz CT molecular complexity index is 1310. The summed E-state index contributed by atoms with van der Waals surface area (Å²) in [7, 11) is 0. The molecule has 4 aromatic rings. The van der Waals surface area contributed by atoms with Crippen molar-refractivity contribution in [1.82, 2.24) is 20.5 Å². The van der Waals surface area contributed by atoms with Gasteiger partial charge in [-0.2, -0.15) is 0 Å². The Hall–Kier alpha value is -2.87. The minimum Gasteiger partial charge on any atom is -0.315 e. The van der Waals surface area contributed by atoms with Gasteiger partial charge in [0.25, 0.3) is 5.91 Å². The highest BCUT2D eigenvalue weighted by atomic mass is 35.5. The van der Waals surface area contributed by atoms with Gasteiger partial charge in [0.05, 0.1) is 6.04 Å². The Kier molecular flexibility index (Phi) is 6.10.